The third-order valence-corrected chi connectivity index (χ3v) is 4.52. The fraction of sp³-hybridized carbons (Fsp3) is 0.647. The molecule has 3 heteroatoms. The van der Waals surface area contributed by atoms with E-state index in [-0.39, 0.29) is 5.38 Å². The molecule has 2 atom stereocenters. The van der Waals surface area contributed by atoms with E-state index in [0.29, 0.717) is 0 Å². The molecule has 2 rings (SSSR count). The Kier molecular flexibility index (Phi) is 5.34. The molecule has 2 nitrogen and oxygen atoms in total. The normalized spacial score (nSPS) is 21.8. The molecule has 0 saturated carbocycles. The molecule has 20 heavy (non-hydrogen) atoms. The monoisotopic (exact) mass is 295 g/mol. The summed E-state index contributed by atoms with van der Waals surface area (Å²) in [5.74, 6) is 1.73. The number of methoxy groups -OCH3 is 1. The quantitative estimate of drug-likeness (QED) is 0.767. The molecule has 1 fully saturated rings. The zero-order chi connectivity index (χ0) is 14.7. The van der Waals surface area contributed by atoms with E-state index in [0.717, 1.165) is 30.3 Å². The van der Waals surface area contributed by atoms with Crippen LogP contribution in [0.15, 0.2) is 12.1 Å². The molecule has 0 aliphatic carbocycles. The molecular weight excluding hydrogens is 270 g/mol. The second-order valence-corrected chi connectivity index (χ2v) is 6.71. The van der Waals surface area contributed by atoms with Crippen LogP contribution in [0.1, 0.15) is 41.8 Å². The van der Waals surface area contributed by atoms with Crippen molar-refractivity contribution in [3.8, 4) is 5.75 Å². The van der Waals surface area contributed by atoms with Crippen LogP contribution in [0.2, 0.25) is 0 Å². The van der Waals surface area contributed by atoms with Gasteiger partial charge in [0.15, 0.2) is 0 Å². The van der Waals surface area contributed by atoms with Gasteiger partial charge in [-0.3, -0.25) is 0 Å². The summed E-state index contributed by atoms with van der Waals surface area (Å²) in [4.78, 5) is 2.49. The van der Waals surface area contributed by atoms with E-state index in [1.165, 1.54) is 30.5 Å². The highest BCUT2D eigenvalue weighted by atomic mass is 35.5. The van der Waals surface area contributed by atoms with Crippen molar-refractivity contribution in [2.24, 2.45) is 5.92 Å². The lowest BCUT2D eigenvalue weighted by atomic mass is 9.98. The number of piperidine rings is 1. The van der Waals surface area contributed by atoms with Gasteiger partial charge in [-0.2, -0.15) is 0 Å². The number of rotatable bonds is 4. The molecule has 1 aromatic rings. The number of nitrogens with zero attached hydrogens (tertiary/aromatic N) is 1. The van der Waals surface area contributed by atoms with E-state index in [1.54, 1.807) is 7.11 Å². The molecule has 1 heterocycles. The largest absolute Gasteiger partial charge is 0.496 e. The molecule has 2 unspecified atom stereocenters. The van der Waals surface area contributed by atoms with Gasteiger partial charge in [-0.25, -0.2) is 0 Å². The van der Waals surface area contributed by atoms with E-state index in [1.807, 2.05) is 0 Å². The summed E-state index contributed by atoms with van der Waals surface area (Å²) in [6.45, 7) is 9.76. The van der Waals surface area contributed by atoms with Gasteiger partial charge in [0.1, 0.15) is 5.75 Å². The van der Waals surface area contributed by atoms with Crippen LogP contribution < -0.4 is 4.74 Å². The summed E-state index contributed by atoms with van der Waals surface area (Å²) < 4.78 is 5.56. The topological polar surface area (TPSA) is 12.5 Å². The maximum atomic E-state index is 6.69. The minimum absolute atomic E-state index is 0.00569. The second kappa shape index (κ2) is 6.82. The summed E-state index contributed by atoms with van der Waals surface area (Å²) in [7, 11) is 1.73. The molecule has 0 aromatic heterocycles. The minimum atomic E-state index is -0.00569. The van der Waals surface area contributed by atoms with Gasteiger partial charge in [0.2, 0.25) is 0 Å². The van der Waals surface area contributed by atoms with Crippen molar-refractivity contribution in [1.82, 2.24) is 4.90 Å². The van der Waals surface area contributed by atoms with E-state index >= 15 is 0 Å². The fourth-order valence-electron chi connectivity index (χ4n) is 3.28. The molecule has 1 aliphatic heterocycles. The molecule has 1 saturated heterocycles. The van der Waals surface area contributed by atoms with Gasteiger partial charge in [-0.15, -0.1) is 11.6 Å². The Morgan fingerprint density at radius 2 is 2.15 bits per heavy atom. The van der Waals surface area contributed by atoms with Crippen molar-refractivity contribution in [2.75, 3.05) is 26.7 Å². The van der Waals surface area contributed by atoms with Gasteiger partial charge < -0.3 is 9.64 Å². The SMILES string of the molecule is COc1c(C)cc(C)cc1C(Cl)CN1CCCC(C)C1. The molecule has 1 aromatic carbocycles. The Labute approximate surface area is 128 Å². The summed E-state index contributed by atoms with van der Waals surface area (Å²) in [6.07, 6.45) is 2.63. The van der Waals surface area contributed by atoms with Crippen molar-refractivity contribution >= 4 is 11.6 Å². The molecule has 1 aliphatic rings. The Balaban J connectivity index is 2.14. The van der Waals surface area contributed by atoms with Gasteiger partial charge in [-0.1, -0.05) is 24.6 Å². The van der Waals surface area contributed by atoms with E-state index in [4.69, 9.17) is 16.3 Å². The third-order valence-electron chi connectivity index (χ3n) is 4.15. The highest BCUT2D eigenvalue weighted by Crippen LogP contribution is 2.34. The fourth-order valence-corrected chi connectivity index (χ4v) is 3.63. The first-order chi connectivity index (χ1) is 9.51. The second-order valence-electron chi connectivity index (χ2n) is 6.18. The van der Waals surface area contributed by atoms with Crippen LogP contribution >= 0.6 is 11.6 Å². The highest BCUT2D eigenvalue weighted by Gasteiger charge is 2.22. The smallest absolute Gasteiger partial charge is 0.126 e. The predicted octanol–water partition coefficient (Wildman–Crippen LogP) is 4.32. The zero-order valence-electron chi connectivity index (χ0n) is 13.1. The summed E-state index contributed by atoms with van der Waals surface area (Å²) in [5.41, 5.74) is 3.54. The van der Waals surface area contributed by atoms with Crippen molar-refractivity contribution < 1.29 is 4.74 Å². The van der Waals surface area contributed by atoms with Gasteiger partial charge in [-0.05, 0) is 44.7 Å². The number of hydrogen-bond acceptors (Lipinski definition) is 2. The lowest BCUT2D eigenvalue weighted by Crippen LogP contribution is -2.36. The molecule has 0 bridgehead atoms. The van der Waals surface area contributed by atoms with Crippen LogP contribution in [0, 0.1) is 19.8 Å². The maximum Gasteiger partial charge on any atom is 0.126 e. The number of aryl methyl sites for hydroxylation is 2. The molecule has 112 valence electrons. The molecular formula is C17H26ClNO. The highest BCUT2D eigenvalue weighted by molar-refractivity contribution is 6.21. The first-order valence-electron chi connectivity index (χ1n) is 7.52. The Hall–Kier alpha value is -0.730. The average molecular weight is 296 g/mol. The summed E-state index contributed by atoms with van der Waals surface area (Å²) >= 11 is 6.69. The van der Waals surface area contributed by atoms with Crippen LogP contribution in [-0.4, -0.2) is 31.6 Å². The molecule has 0 amide bonds. The number of halogens is 1. The Morgan fingerprint density at radius 1 is 1.40 bits per heavy atom. The van der Waals surface area contributed by atoms with Gasteiger partial charge in [0, 0.05) is 18.7 Å². The van der Waals surface area contributed by atoms with E-state index in [9.17, 15) is 0 Å². The predicted molar refractivity (Wildman–Crippen MR) is 85.9 cm³/mol. The van der Waals surface area contributed by atoms with Crippen LogP contribution in [0.4, 0.5) is 0 Å². The van der Waals surface area contributed by atoms with Crippen molar-refractivity contribution in [2.45, 2.75) is 39.0 Å². The number of likely N-dealkylation sites (tertiary alicyclic amines) is 1. The lowest BCUT2D eigenvalue weighted by molar-refractivity contribution is 0.183. The maximum absolute atomic E-state index is 6.69. The average Bonchev–Trinajstić information content (AvgIpc) is 2.37. The number of hydrogen-bond donors (Lipinski definition) is 0. The van der Waals surface area contributed by atoms with Crippen LogP contribution in [0.25, 0.3) is 0 Å². The number of benzene rings is 1. The first-order valence-corrected chi connectivity index (χ1v) is 7.96. The number of ether oxygens (including phenoxy) is 1. The van der Waals surface area contributed by atoms with Crippen LogP contribution in [0.5, 0.6) is 5.75 Å². The van der Waals surface area contributed by atoms with Crippen molar-refractivity contribution in [3.63, 3.8) is 0 Å². The Bertz CT molecular complexity index is 461. The first kappa shape index (κ1) is 15.7. The molecule has 0 spiro atoms. The van der Waals surface area contributed by atoms with Gasteiger partial charge in [0.25, 0.3) is 0 Å². The van der Waals surface area contributed by atoms with Crippen LogP contribution in [-0.2, 0) is 0 Å². The van der Waals surface area contributed by atoms with Crippen molar-refractivity contribution in [3.05, 3.63) is 28.8 Å². The van der Waals surface area contributed by atoms with E-state index in [2.05, 4.69) is 37.8 Å². The van der Waals surface area contributed by atoms with E-state index < -0.39 is 0 Å². The Morgan fingerprint density at radius 3 is 2.80 bits per heavy atom. The lowest BCUT2D eigenvalue weighted by Gasteiger charge is -2.32. The van der Waals surface area contributed by atoms with Crippen molar-refractivity contribution in [1.29, 1.82) is 0 Å². The van der Waals surface area contributed by atoms with Gasteiger partial charge >= 0.3 is 0 Å². The van der Waals surface area contributed by atoms with Gasteiger partial charge in [0.05, 0.1) is 12.5 Å². The number of alkyl halides is 1. The molecule has 0 N–H and O–H groups in total. The van der Waals surface area contributed by atoms with Crippen LogP contribution in [0.3, 0.4) is 0 Å². The minimum Gasteiger partial charge on any atom is -0.496 e. The zero-order valence-corrected chi connectivity index (χ0v) is 13.8. The summed E-state index contributed by atoms with van der Waals surface area (Å²) in [6, 6.07) is 4.31. The summed E-state index contributed by atoms with van der Waals surface area (Å²) in [5, 5.41) is -0.00569. The standard InChI is InChI=1S/C17H26ClNO/c1-12-6-5-7-19(10-12)11-16(18)15-9-13(2)8-14(3)17(15)20-4/h8-9,12,16H,5-7,10-11H2,1-4H3. The third kappa shape index (κ3) is 3.67. The molecule has 0 radical (unpaired) electrons.